The average Bonchev–Trinajstić information content (AvgIpc) is 2.60. The quantitative estimate of drug-likeness (QED) is 0.345. The predicted octanol–water partition coefficient (Wildman–Crippen LogP) is 5.08. The molecule has 4 nitrogen and oxygen atoms in total. The summed E-state index contributed by atoms with van der Waals surface area (Å²) in [6.07, 6.45) is 14.6. The second-order valence-electron chi connectivity index (χ2n) is 6.77. The monoisotopic (exact) mass is 389 g/mol. The first-order valence-electron chi connectivity index (χ1n) is 9.42. The van der Waals surface area contributed by atoms with E-state index in [1.54, 1.807) is 25.1 Å². The van der Waals surface area contributed by atoms with Crippen LogP contribution in [-0.2, 0) is 14.8 Å². The molecule has 5 heteroatoms. The van der Waals surface area contributed by atoms with Crippen LogP contribution in [0.2, 0.25) is 0 Å². The summed E-state index contributed by atoms with van der Waals surface area (Å²) in [5.41, 5.74) is 1.33. The van der Waals surface area contributed by atoms with Gasteiger partial charge in [0.15, 0.2) is 0 Å². The molecule has 27 heavy (non-hydrogen) atoms. The van der Waals surface area contributed by atoms with Crippen LogP contribution in [0.15, 0.2) is 65.1 Å². The first-order valence-corrected chi connectivity index (χ1v) is 10.9. The lowest BCUT2D eigenvalue weighted by atomic mass is 10.1. The molecule has 1 N–H and O–H groups in total. The summed E-state index contributed by atoms with van der Waals surface area (Å²) in [6.45, 7) is 7.62. The number of hydrogen-bond donors (Lipinski definition) is 1. The van der Waals surface area contributed by atoms with Gasteiger partial charge in [0.1, 0.15) is 0 Å². The molecular weight excluding hydrogens is 358 g/mol. The van der Waals surface area contributed by atoms with Crippen molar-refractivity contribution in [1.82, 2.24) is 4.72 Å². The van der Waals surface area contributed by atoms with Crippen LogP contribution < -0.4 is 4.72 Å². The fourth-order valence-electron chi connectivity index (χ4n) is 2.43. The van der Waals surface area contributed by atoms with E-state index in [0.717, 1.165) is 12.0 Å². The lowest BCUT2D eigenvalue weighted by Gasteiger charge is -2.08. The van der Waals surface area contributed by atoms with E-state index in [1.165, 1.54) is 31.4 Å². The third kappa shape index (κ3) is 8.87. The van der Waals surface area contributed by atoms with Gasteiger partial charge in [-0.15, -0.1) is 0 Å². The first-order chi connectivity index (χ1) is 12.8. The van der Waals surface area contributed by atoms with E-state index in [0.29, 0.717) is 5.57 Å². The third-order valence-electron chi connectivity index (χ3n) is 4.07. The number of unbranched alkanes of at least 4 members (excludes halogenated alkanes) is 3. The van der Waals surface area contributed by atoms with Gasteiger partial charge in [-0.05, 0) is 44.7 Å². The van der Waals surface area contributed by atoms with Crippen molar-refractivity contribution in [1.29, 1.82) is 0 Å². The second-order valence-corrected chi connectivity index (χ2v) is 8.45. The fraction of sp³-hybridized carbons (Fsp3) is 0.409. The van der Waals surface area contributed by atoms with Crippen molar-refractivity contribution in [2.45, 2.75) is 58.3 Å². The maximum absolute atomic E-state index is 12.3. The van der Waals surface area contributed by atoms with Crippen LogP contribution >= 0.6 is 0 Å². The van der Waals surface area contributed by atoms with Crippen LogP contribution in [0.25, 0.3) is 0 Å². The number of hydrogen-bond acceptors (Lipinski definition) is 3. The molecule has 1 amide bonds. The maximum atomic E-state index is 12.3. The maximum Gasteiger partial charge on any atom is 0.264 e. The largest absolute Gasteiger partial charge is 0.269 e. The van der Waals surface area contributed by atoms with Gasteiger partial charge in [0.2, 0.25) is 0 Å². The Morgan fingerprint density at radius 3 is 2.44 bits per heavy atom. The van der Waals surface area contributed by atoms with Crippen molar-refractivity contribution < 1.29 is 13.2 Å². The van der Waals surface area contributed by atoms with Crippen molar-refractivity contribution >= 4 is 15.9 Å². The average molecular weight is 390 g/mol. The van der Waals surface area contributed by atoms with Crippen molar-refractivity contribution in [3.63, 3.8) is 0 Å². The van der Waals surface area contributed by atoms with Gasteiger partial charge in [0, 0.05) is 5.57 Å². The van der Waals surface area contributed by atoms with E-state index in [4.69, 9.17) is 0 Å². The standard InChI is InChI=1S/C22H31NO3S/c1-5-6-7-8-9-10-11-12-19(3)17-20(4)22(24)23-27(25,26)21-15-13-18(2)14-16-21/h9-17,19H,5-8H2,1-4H3,(H,23,24). The van der Waals surface area contributed by atoms with Crippen molar-refractivity contribution in [2.75, 3.05) is 0 Å². The summed E-state index contributed by atoms with van der Waals surface area (Å²) in [5, 5.41) is 0. The Balaban J connectivity index is 2.62. The molecule has 0 spiro atoms. The molecule has 1 rings (SSSR count). The Bertz CT molecular complexity index is 787. The Kier molecular flexibility index (Phi) is 9.79. The van der Waals surface area contributed by atoms with Gasteiger partial charge < -0.3 is 0 Å². The minimum Gasteiger partial charge on any atom is -0.269 e. The van der Waals surface area contributed by atoms with E-state index in [-0.39, 0.29) is 10.8 Å². The zero-order valence-electron chi connectivity index (χ0n) is 16.7. The van der Waals surface area contributed by atoms with E-state index in [1.807, 2.05) is 32.1 Å². The topological polar surface area (TPSA) is 63.2 Å². The normalized spacial score (nSPS) is 14.0. The van der Waals surface area contributed by atoms with Crippen LogP contribution in [0.1, 0.15) is 52.0 Å². The highest BCUT2D eigenvalue weighted by atomic mass is 32.2. The molecular formula is C22H31NO3S. The number of carbonyl (C=O) groups is 1. The summed E-state index contributed by atoms with van der Waals surface area (Å²) in [4.78, 5) is 12.3. The molecule has 0 bridgehead atoms. The number of rotatable bonds is 10. The van der Waals surface area contributed by atoms with Gasteiger partial charge >= 0.3 is 0 Å². The van der Waals surface area contributed by atoms with E-state index < -0.39 is 15.9 Å². The SMILES string of the molecule is CCCCCC=CC=CC(C)C=C(C)C(=O)NS(=O)(=O)c1ccc(C)cc1. The minimum absolute atomic E-state index is 0.0260. The highest BCUT2D eigenvalue weighted by Crippen LogP contribution is 2.11. The molecule has 0 radical (unpaired) electrons. The predicted molar refractivity (Wildman–Crippen MR) is 112 cm³/mol. The van der Waals surface area contributed by atoms with Crippen LogP contribution in [-0.4, -0.2) is 14.3 Å². The molecule has 1 aromatic rings. The highest BCUT2D eigenvalue weighted by molar-refractivity contribution is 7.90. The van der Waals surface area contributed by atoms with Gasteiger partial charge in [-0.2, -0.15) is 0 Å². The van der Waals surface area contributed by atoms with Crippen LogP contribution in [0.4, 0.5) is 0 Å². The van der Waals surface area contributed by atoms with Gasteiger partial charge in [-0.3, -0.25) is 4.79 Å². The number of amides is 1. The lowest BCUT2D eigenvalue weighted by molar-refractivity contribution is -0.115. The summed E-state index contributed by atoms with van der Waals surface area (Å²) in [6, 6.07) is 6.37. The molecule has 0 heterocycles. The molecule has 148 valence electrons. The first kappa shape index (κ1) is 22.9. The van der Waals surface area contributed by atoms with Gasteiger partial charge in [0.05, 0.1) is 4.90 Å². The molecule has 0 saturated carbocycles. The Labute approximate surface area is 164 Å². The van der Waals surface area contributed by atoms with Crippen molar-refractivity contribution in [2.24, 2.45) is 5.92 Å². The molecule has 0 aliphatic carbocycles. The van der Waals surface area contributed by atoms with Crippen molar-refractivity contribution in [3.05, 3.63) is 65.8 Å². The smallest absolute Gasteiger partial charge is 0.264 e. The molecule has 1 aromatic carbocycles. The number of aryl methyl sites for hydroxylation is 1. The van der Waals surface area contributed by atoms with Crippen molar-refractivity contribution in [3.8, 4) is 0 Å². The second kappa shape index (κ2) is 11.5. The molecule has 0 saturated heterocycles. The summed E-state index contributed by atoms with van der Waals surface area (Å²) >= 11 is 0. The summed E-state index contributed by atoms with van der Waals surface area (Å²) in [7, 11) is -3.86. The fourth-order valence-corrected chi connectivity index (χ4v) is 3.45. The van der Waals surface area contributed by atoms with Crippen LogP contribution in [0.5, 0.6) is 0 Å². The van der Waals surface area contributed by atoms with E-state index >= 15 is 0 Å². The zero-order chi connectivity index (χ0) is 20.3. The van der Waals surface area contributed by atoms with Gasteiger partial charge in [-0.25, -0.2) is 13.1 Å². The zero-order valence-corrected chi connectivity index (χ0v) is 17.6. The summed E-state index contributed by atoms with van der Waals surface area (Å²) in [5.74, 6) is -0.580. The number of benzene rings is 1. The van der Waals surface area contributed by atoms with Crippen LogP contribution in [0, 0.1) is 12.8 Å². The Morgan fingerprint density at radius 2 is 1.81 bits per heavy atom. The third-order valence-corrected chi connectivity index (χ3v) is 5.41. The molecule has 0 aromatic heterocycles. The Hall–Kier alpha value is -2.14. The van der Waals surface area contributed by atoms with E-state index in [9.17, 15) is 13.2 Å². The Morgan fingerprint density at radius 1 is 1.15 bits per heavy atom. The minimum atomic E-state index is -3.86. The number of sulfonamides is 1. The number of allylic oxidation sites excluding steroid dienone is 5. The highest BCUT2D eigenvalue weighted by Gasteiger charge is 2.18. The van der Waals surface area contributed by atoms with Gasteiger partial charge in [-0.1, -0.05) is 74.8 Å². The number of carbonyl (C=O) groups excluding carboxylic acids is 1. The molecule has 1 unspecified atom stereocenters. The molecule has 0 fully saturated rings. The molecule has 0 aliphatic heterocycles. The number of nitrogens with one attached hydrogen (secondary N) is 1. The van der Waals surface area contributed by atoms with Gasteiger partial charge in [0.25, 0.3) is 15.9 Å². The molecule has 1 atom stereocenters. The summed E-state index contributed by atoms with van der Waals surface area (Å²) < 4.78 is 26.7. The lowest BCUT2D eigenvalue weighted by Crippen LogP contribution is -2.31. The van der Waals surface area contributed by atoms with E-state index in [2.05, 4.69) is 17.7 Å². The molecule has 0 aliphatic rings. The van der Waals surface area contributed by atoms with Crippen LogP contribution in [0.3, 0.4) is 0 Å².